The summed E-state index contributed by atoms with van der Waals surface area (Å²) in [5.41, 5.74) is 1.92. The molecule has 2 aromatic carbocycles. The van der Waals surface area contributed by atoms with Gasteiger partial charge in [0, 0.05) is 20.0 Å². The molecule has 0 radical (unpaired) electrons. The topological polar surface area (TPSA) is 67.6 Å². The first-order valence-corrected chi connectivity index (χ1v) is 9.98. The number of amides is 3. The van der Waals surface area contributed by atoms with Crippen LogP contribution in [-0.4, -0.2) is 38.8 Å². The van der Waals surface area contributed by atoms with E-state index in [-0.39, 0.29) is 17.2 Å². The molecule has 30 heavy (non-hydrogen) atoms. The Morgan fingerprint density at radius 2 is 1.50 bits per heavy atom. The first kappa shape index (κ1) is 19.7. The van der Waals surface area contributed by atoms with Gasteiger partial charge >= 0.3 is 6.03 Å². The number of para-hydroxylation sites is 1. The van der Waals surface area contributed by atoms with Crippen molar-refractivity contribution in [2.45, 2.75) is 26.3 Å². The fourth-order valence-corrected chi connectivity index (χ4v) is 4.05. The Balaban J connectivity index is 1.78. The van der Waals surface area contributed by atoms with Crippen LogP contribution in [0.4, 0.5) is 10.5 Å². The van der Waals surface area contributed by atoms with Crippen LogP contribution in [0.1, 0.15) is 18.2 Å². The average Bonchev–Trinajstić information content (AvgIpc) is 3.12. The maximum absolute atomic E-state index is 13.4. The minimum absolute atomic E-state index is 0.116. The number of aromatic nitrogens is 2. The van der Waals surface area contributed by atoms with Crippen molar-refractivity contribution in [1.82, 2.24) is 14.3 Å². The molecular weight excluding hydrogens is 380 g/mol. The first-order valence-electron chi connectivity index (χ1n) is 9.98. The molecule has 0 N–H and O–H groups in total. The lowest BCUT2D eigenvalue weighted by molar-refractivity contribution is -0.119. The minimum atomic E-state index is -0.630. The van der Waals surface area contributed by atoms with Crippen molar-refractivity contribution in [3.8, 4) is 5.69 Å². The third-order valence-corrected chi connectivity index (χ3v) is 5.68. The van der Waals surface area contributed by atoms with Gasteiger partial charge in [-0.1, -0.05) is 48.5 Å². The van der Waals surface area contributed by atoms with Gasteiger partial charge in [0.1, 0.15) is 11.7 Å². The Morgan fingerprint density at radius 3 is 2.10 bits per heavy atom. The molecule has 7 nitrogen and oxygen atoms in total. The predicted molar refractivity (Wildman–Crippen MR) is 115 cm³/mol. The first-order chi connectivity index (χ1) is 14.5. The van der Waals surface area contributed by atoms with Gasteiger partial charge in [0.2, 0.25) is 0 Å². The van der Waals surface area contributed by atoms with Gasteiger partial charge in [0.25, 0.3) is 11.5 Å². The lowest BCUT2D eigenvalue weighted by atomic mass is 10.1. The second kappa shape index (κ2) is 7.67. The van der Waals surface area contributed by atoms with E-state index in [0.717, 1.165) is 10.5 Å². The van der Waals surface area contributed by atoms with Crippen LogP contribution in [0.5, 0.6) is 0 Å². The summed E-state index contributed by atoms with van der Waals surface area (Å²) in [6.07, 6.45) is 0.411. The number of urea groups is 1. The van der Waals surface area contributed by atoms with E-state index in [1.807, 2.05) is 67.6 Å². The number of imide groups is 1. The monoisotopic (exact) mass is 404 g/mol. The summed E-state index contributed by atoms with van der Waals surface area (Å²) >= 11 is 0. The van der Waals surface area contributed by atoms with E-state index in [4.69, 9.17) is 0 Å². The number of rotatable bonds is 5. The number of nitrogens with zero attached hydrogens (tertiary/aromatic N) is 4. The standard InChI is InChI=1S/C23H24N4O3/c1-4-25-19(15-17-11-7-5-8-12-17)21(28)26(23(25)30)20-16(2)24(3)27(22(20)29)18-13-9-6-10-14-18/h5-14,19H,4,15H2,1-3H3. The van der Waals surface area contributed by atoms with Crippen LogP contribution in [0.3, 0.4) is 0 Å². The van der Waals surface area contributed by atoms with Crippen molar-refractivity contribution in [2.75, 3.05) is 11.4 Å². The fourth-order valence-electron chi connectivity index (χ4n) is 4.05. The van der Waals surface area contributed by atoms with Gasteiger partial charge in [0.15, 0.2) is 0 Å². The predicted octanol–water partition coefficient (Wildman–Crippen LogP) is 2.88. The summed E-state index contributed by atoms with van der Waals surface area (Å²) < 4.78 is 3.15. The molecule has 1 atom stereocenters. The van der Waals surface area contributed by atoms with Crippen LogP contribution in [0.15, 0.2) is 65.5 Å². The lowest BCUT2D eigenvalue weighted by Gasteiger charge is -2.19. The Bertz CT molecular complexity index is 1150. The second-order valence-corrected chi connectivity index (χ2v) is 7.36. The van der Waals surface area contributed by atoms with E-state index in [1.54, 1.807) is 18.7 Å². The van der Waals surface area contributed by atoms with Gasteiger partial charge in [-0.05, 0) is 31.5 Å². The highest BCUT2D eigenvalue weighted by atomic mass is 16.2. The summed E-state index contributed by atoms with van der Waals surface area (Å²) in [6, 6.07) is 17.7. The summed E-state index contributed by atoms with van der Waals surface area (Å²) in [7, 11) is 1.75. The Labute approximate surface area is 174 Å². The lowest BCUT2D eigenvalue weighted by Crippen LogP contribution is -2.36. The maximum Gasteiger partial charge on any atom is 0.332 e. The van der Waals surface area contributed by atoms with Crippen LogP contribution in [0.25, 0.3) is 5.69 Å². The molecule has 7 heteroatoms. The van der Waals surface area contributed by atoms with Gasteiger partial charge in [-0.25, -0.2) is 14.4 Å². The molecule has 1 aliphatic rings. The molecule has 0 spiro atoms. The van der Waals surface area contributed by atoms with E-state index in [2.05, 4.69) is 0 Å². The van der Waals surface area contributed by atoms with Gasteiger partial charge < -0.3 is 4.90 Å². The van der Waals surface area contributed by atoms with Crippen LogP contribution in [0.2, 0.25) is 0 Å². The number of carbonyl (C=O) groups is 2. The van der Waals surface area contributed by atoms with Crippen LogP contribution in [-0.2, 0) is 18.3 Å². The number of hydrogen-bond acceptors (Lipinski definition) is 3. The van der Waals surface area contributed by atoms with Crippen molar-refractivity contribution in [3.05, 3.63) is 82.3 Å². The van der Waals surface area contributed by atoms with Crippen molar-refractivity contribution in [3.63, 3.8) is 0 Å². The summed E-state index contributed by atoms with van der Waals surface area (Å²) in [5.74, 6) is -0.364. The van der Waals surface area contributed by atoms with Crippen LogP contribution in [0, 0.1) is 6.92 Å². The van der Waals surface area contributed by atoms with Gasteiger partial charge in [0.05, 0.1) is 11.4 Å². The zero-order chi connectivity index (χ0) is 21.4. The highest BCUT2D eigenvalue weighted by Gasteiger charge is 2.47. The normalized spacial score (nSPS) is 16.6. The highest BCUT2D eigenvalue weighted by molar-refractivity contribution is 6.21. The number of anilines is 1. The zero-order valence-corrected chi connectivity index (χ0v) is 17.3. The van der Waals surface area contributed by atoms with Crippen molar-refractivity contribution in [2.24, 2.45) is 7.05 Å². The third kappa shape index (κ3) is 3.03. The maximum atomic E-state index is 13.4. The Kier molecular flexibility index (Phi) is 5.03. The number of benzene rings is 2. The van der Waals surface area contributed by atoms with E-state index >= 15 is 0 Å². The molecule has 1 aromatic heterocycles. The van der Waals surface area contributed by atoms with E-state index < -0.39 is 12.1 Å². The summed E-state index contributed by atoms with van der Waals surface area (Å²) in [4.78, 5) is 42.5. The fraction of sp³-hybridized carbons (Fsp3) is 0.261. The molecule has 3 amide bonds. The molecule has 0 bridgehead atoms. The quantitative estimate of drug-likeness (QED) is 0.614. The highest BCUT2D eigenvalue weighted by Crippen LogP contribution is 2.28. The summed E-state index contributed by atoms with van der Waals surface area (Å²) in [6.45, 7) is 3.97. The average molecular weight is 404 g/mol. The molecule has 4 rings (SSSR count). The number of carbonyl (C=O) groups excluding carboxylic acids is 2. The van der Waals surface area contributed by atoms with E-state index in [9.17, 15) is 14.4 Å². The molecule has 1 fully saturated rings. The third-order valence-electron chi connectivity index (χ3n) is 5.68. The molecule has 2 heterocycles. The number of likely N-dealkylation sites (N-methyl/N-ethyl adjacent to an activating group) is 1. The number of hydrogen-bond donors (Lipinski definition) is 0. The van der Waals surface area contributed by atoms with Gasteiger partial charge in [-0.15, -0.1) is 0 Å². The van der Waals surface area contributed by atoms with Crippen molar-refractivity contribution >= 4 is 17.6 Å². The molecule has 0 aliphatic carbocycles. The van der Waals surface area contributed by atoms with Gasteiger partial charge in [-0.3, -0.25) is 14.3 Å². The SMILES string of the molecule is CCN1C(=O)N(c2c(C)n(C)n(-c3ccccc3)c2=O)C(=O)C1Cc1ccccc1. The molecule has 154 valence electrons. The minimum Gasteiger partial charge on any atom is -0.312 e. The molecule has 3 aromatic rings. The molecule has 1 unspecified atom stereocenters. The Morgan fingerprint density at radius 1 is 0.900 bits per heavy atom. The molecule has 1 saturated heterocycles. The second-order valence-electron chi connectivity index (χ2n) is 7.36. The van der Waals surface area contributed by atoms with E-state index in [0.29, 0.717) is 24.3 Å². The largest absolute Gasteiger partial charge is 0.332 e. The van der Waals surface area contributed by atoms with Crippen molar-refractivity contribution < 1.29 is 9.59 Å². The van der Waals surface area contributed by atoms with E-state index in [1.165, 1.54) is 9.58 Å². The molecular formula is C23H24N4O3. The van der Waals surface area contributed by atoms with Crippen molar-refractivity contribution in [1.29, 1.82) is 0 Å². The smallest absolute Gasteiger partial charge is 0.312 e. The van der Waals surface area contributed by atoms with Crippen LogP contribution >= 0.6 is 0 Å². The molecule has 0 saturated carbocycles. The zero-order valence-electron chi connectivity index (χ0n) is 17.3. The summed E-state index contributed by atoms with van der Waals surface area (Å²) in [5, 5.41) is 0. The van der Waals surface area contributed by atoms with Crippen LogP contribution < -0.4 is 10.5 Å². The Hall–Kier alpha value is -3.61. The molecule has 1 aliphatic heterocycles. The van der Waals surface area contributed by atoms with Gasteiger partial charge in [-0.2, -0.15) is 0 Å².